The Labute approximate surface area is 117 Å². The third kappa shape index (κ3) is 3.28. The van der Waals surface area contributed by atoms with Gasteiger partial charge >= 0.3 is 10.1 Å². The van der Waals surface area contributed by atoms with Gasteiger partial charge in [-0.05, 0) is 49.7 Å². The lowest BCUT2D eigenvalue weighted by molar-refractivity contribution is 0.486. The van der Waals surface area contributed by atoms with Crippen molar-refractivity contribution in [3.8, 4) is 5.75 Å². The van der Waals surface area contributed by atoms with Crippen LogP contribution in [0.2, 0.25) is 5.02 Å². The molecule has 0 N–H and O–H groups in total. The normalized spacial score (nSPS) is 11.3. The second-order valence-corrected chi connectivity index (χ2v) is 6.22. The summed E-state index contributed by atoms with van der Waals surface area (Å²) in [5, 5.41) is 0.570. The van der Waals surface area contributed by atoms with E-state index in [0.29, 0.717) is 5.02 Å². The van der Waals surface area contributed by atoms with E-state index in [1.807, 2.05) is 6.92 Å². The fourth-order valence-electron chi connectivity index (χ4n) is 1.55. The molecule has 2 aromatic rings. The van der Waals surface area contributed by atoms with Crippen molar-refractivity contribution in [3.05, 3.63) is 58.6 Å². The first kappa shape index (κ1) is 13.9. The van der Waals surface area contributed by atoms with Crippen LogP contribution in [0, 0.1) is 13.8 Å². The van der Waals surface area contributed by atoms with E-state index in [2.05, 4.69) is 0 Å². The monoisotopic (exact) mass is 296 g/mol. The van der Waals surface area contributed by atoms with Crippen molar-refractivity contribution < 1.29 is 12.6 Å². The fourth-order valence-corrected chi connectivity index (χ4v) is 2.59. The van der Waals surface area contributed by atoms with Crippen molar-refractivity contribution in [1.82, 2.24) is 0 Å². The number of benzene rings is 2. The van der Waals surface area contributed by atoms with Gasteiger partial charge in [0, 0.05) is 5.02 Å². The zero-order valence-corrected chi connectivity index (χ0v) is 12.1. The van der Waals surface area contributed by atoms with Crippen LogP contribution in [0.25, 0.3) is 0 Å². The first-order valence-corrected chi connectivity index (χ1v) is 7.44. The van der Waals surface area contributed by atoms with Crippen molar-refractivity contribution in [2.24, 2.45) is 0 Å². The summed E-state index contributed by atoms with van der Waals surface area (Å²) in [6.07, 6.45) is 0. The maximum Gasteiger partial charge on any atom is 0.339 e. The molecule has 0 aromatic heterocycles. The van der Waals surface area contributed by atoms with Crippen molar-refractivity contribution >= 4 is 21.7 Å². The molecule has 0 fully saturated rings. The lowest BCUT2D eigenvalue weighted by atomic mass is 10.2. The smallest absolute Gasteiger partial charge is 0.339 e. The van der Waals surface area contributed by atoms with E-state index in [0.717, 1.165) is 11.1 Å². The van der Waals surface area contributed by atoms with Gasteiger partial charge in [0.2, 0.25) is 0 Å². The van der Waals surface area contributed by atoms with Crippen LogP contribution in [0.15, 0.2) is 47.4 Å². The Kier molecular flexibility index (Phi) is 3.83. The molecule has 5 heteroatoms. The molecule has 0 spiro atoms. The van der Waals surface area contributed by atoms with Crippen LogP contribution >= 0.6 is 11.6 Å². The Morgan fingerprint density at radius 3 is 2.21 bits per heavy atom. The highest BCUT2D eigenvalue weighted by molar-refractivity contribution is 7.87. The molecule has 0 saturated carbocycles. The third-order valence-corrected chi connectivity index (χ3v) is 4.33. The van der Waals surface area contributed by atoms with E-state index < -0.39 is 10.1 Å². The second-order valence-electron chi connectivity index (χ2n) is 4.26. The molecule has 2 rings (SSSR count). The molecule has 0 aliphatic carbocycles. The quantitative estimate of drug-likeness (QED) is 0.811. The van der Waals surface area contributed by atoms with Crippen LogP contribution in [-0.4, -0.2) is 8.42 Å². The summed E-state index contributed by atoms with van der Waals surface area (Å²) < 4.78 is 29.2. The Morgan fingerprint density at radius 2 is 1.63 bits per heavy atom. The van der Waals surface area contributed by atoms with Gasteiger partial charge in [-0.25, -0.2) is 0 Å². The van der Waals surface area contributed by atoms with Gasteiger partial charge in [-0.1, -0.05) is 29.3 Å². The standard InChI is InChI=1S/C14H13ClO3S/c1-10-3-6-13(7-4-10)19(16,17)18-12-5-8-14(15)11(2)9-12/h3-9H,1-2H3. The molecule has 19 heavy (non-hydrogen) atoms. The average Bonchev–Trinajstić information content (AvgIpc) is 2.34. The van der Waals surface area contributed by atoms with Gasteiger partial charge in [0.15, 0.2) is 0 Å². The lowest BCUT2D eigenvalue weighted by Crippen LogP contribution is -2.09. The van der Waals surface area contributed by atoms with Gasteiger partial charge in [0.05, 0.1) is 0 Å². The number of rotatable bonds is 3. The van der Waals surface area contributed by atoms with E-state index in [-0.39, 0.29) is 10.6 Å². The minimum absolute atomic E-state index is 0.130. The Bertz CT molecular complexity index is 691. The van der Waals surface area contributed by atoms with Gasteiger partial charge < -0.3 is 4.18 Å². The Balaban J connectivity index is 2.30. The van der Waals surface area contributed by atoms with Crippen molar-refractivity contribution in [3.63, 3.8) is 0 Å². The van der Waals surface area contributed by atoms with E-state index in [1.165, 1.54) is 18.2 Å². The van der Waals surface area contributed by atoms with Crippen molar-refractivity contribution in [1.29, 1.82) is 0 Å². The minimum atomic E-state index is -3.80. The summed E-state index contributed by atoms with van der Waals surface area (Å²) in [7, 11) is -3.80. The molecule has 0 saturated heterocycles. The summed E-state index contributed by atoms with van der Waals surface area (Å²) in [6.45, 7) is 3.67. The van der Waals surface area contributed by atoms with Crippen LogP contribution in [-0.2, 0) is 10.1 Å². The zero-order valence-electron chi connectivity index (χ0n) is 10.6. The highest BCUT2D eigenvalue weighted by Crippen LogP contribution is 2.24. The van der Waals surface area contributed by atoms with Crippen LogP contribution in [0.5, 0.6) is 5.75 Å². The third-order valence-electron chi connectivity index (χ3n) is 2.65. The summed E-state index contributed by atoms with van der Waals surface area (Å²) in [4.78, 5) is 0.130. The summed E-state index contributed by atoms with van der Waals surface area (Å²) >= 11 is 5.88. The molecule has 0 amide bonds. The molecule has 0 aliphatic rings. The van der Waals surface area contributed by atoms with E-state index >= 15 is 0 Å². The number of hydrogen-bond acceptors (Lipinski definition) is 3. The summed E-state index contributed by atoms with van der Waals surface area (Å²) in [6, 6.07) is 11.2. The second kappa shape index (κ2) is 5.23. The fraction of sp³-hybridized carbons (Fsp3) is 0.143. The molecule has 2 aromatic carbocycles. The van der Waals surface area contributed by atoms with E-state index in [4.69, 9.17) is 15.8 Å². The van der Waals surface area contributed by atoms with Gasteiger partial charge in [-0.3, -0.25) is 0 Å². The molecule has 0 bridgehead atoms. The predicted molar refractivity (Wildman–Crippen MR) is 75.2 cm³/mol. The first-order valence-electron chi connectivity index (χ1n) is 5.66. The zero-order chi connectivity index (χ0) is 14.0. The summed E-state index contributed by atoms with van der Waals surface area (Å²) in [5.74, 6) is 0.252. The molecule has 0 unspecified atom stereocenters. The van der Waals surface area contributed by atoms with Crippen molar-refractivity contribution in [2.45, 2.75) is 18.7 Å². The van der Waals surface area contributed by atoms with E-state index in [9.17, 15) is 8.42 Å². The SMILES string of the molecule is Cc1ccc(S(=O)(=O)Oc2ccc(Cl)c(C)c2)cc1. The predicted octanol–water partition coefficient (Wildman–Crippen LogP) is 3.72. The maximum atomic E-state index is 12.1. The molecule has 0 heterocycles. The Morgan fingerprint density at radius 1 is 1.00 bits per heavy atom. The van der Waals surface area contributed by atoms with Crippen LogP contribution in [0.4, 0.5) is 0 Å². The molecule has 0 aliphatic heterocycles. The molecule has 3 nitrogen and oxygen atoms in total. The number of halogens is 1. The molecule has 0 radical (unpaired) electrons. The van der Waals surface area contributed by atoms with Gasteiger partial charge in [0.25, 0.3) is 0 Å². The van der Waals surface area contributed by atoms with Crippen LogP contribution in [0.1, 0.15) is 11.1 Å². The highest BCUT2D eigenvalue weighted by Gasteiger charge is 2.16. The molecular formula is C14H13ClO3S. The molecular weight excluding hydrogens is 284 g/mol. The molecule has 0 atom stereocenters. The maximum absolute atomic E-state index is 12.1. The first-order chi connectivity index (χ1) is 8.88. The van der Waals surface area contributed by atoms with Gasteiger partial charge in [-0.2, -0.15) is 8.42 Å². The minimum Gasteiger partial charge on any atom is -0.379 e. The highest BCUT2D eigenvalue weighted by atomic mass is 35.5. The van der Waals surface area contributed by atoms with Crippen LogP contribution < -0.4 is 4.18 Å². The number of aryl methyl sites for hydroxylation is 2. The lowest BCUT2D eigenvalue weighted by Gasteiger charge is -2.08. The Hall–Kier alpha value is -1.52. The largest absolute Gasteiger partial charge is 0.379 e. The van der Waals surface area contributed by atoms with Crippen LogP contribution in [0.3, 0.4) is 0 Å². The topological polar surface area (TPSA) is 43.4 Å². The average molecular weight is 297 g/mol. The molecule has 100 valence electrons. The van der Waals surface area contributed by atoms with Gasteiger partial charge in [-0.15, -0.1) is 0 Å². The summed E-state index contributed by atoms with van der Waals surface area (Å²) in [5.41, 5.74) is 1.75. The number of hydrogen-bond donors (Lipinski definition) is 0. The van der Waals surface area contributed by atoms with Gasteiger partial charge in [0.1, 0.15) is 10.6 Å². The van der Waals surface area contributed by atoms with Crippen molar-refractivity contribution in [2.75, 3.05) is 0 Å². The van der Waals surface area contributed by atoms with E-state index in [1.54, 1.807) is 31.2 Å².